The lowest BCUT2D eigenvalue weighted by atomic mass is 9.98. The molecule has 1 atom stereocenters. The van der Waals surface area contributed by atoms with Gasteiger partial charge in [0.15, 0.2) is 0 Å². The molecule has 0 aliphatic rings. The highest BCUT2D eigenvalue weighted by atomic mass is 32.2. The molecule has 0 saturated carbocycles. The third-order valence-electron chi connectivity index (χ3n) is 3.10. The summed E-state index contributed by atoms with van der Waals surface area (Å²) in [5.74, 6) is -0.0655. The van der Waals surface area contributed by atoms with Crippen molar-refractivity contribution in [3.8, 4) is 0 Å². The summed E-state index contributed by atoms with van der Waals surface area (Å²) in [5, 5.41) is 2.98. The quantitative estimate of drug-likeness (QED) is 0.821. The van der Waals surface area contributed by atoms with E-state index in [2.05, 4.69) is 12.2 Å². The first kappa shape index (κ1) is 15.0. The summed E-state index contributed by atoms with van der Waals surface area (Å²) in [6.07, 6.45) is 0. The molecule has 106 valence electrons. The summed E-state index contributed by atoms with van der Waals surface area (Å²) in [6.45, 7) is 2.09. The van der Waals surface area contributed by atoms with Gasteiger partial charge in [0.05, 0.1) is 6.04 Å². The van der Waals surface area contributed by atoms with Crippen LogP contribution >= 0.6 is 11.8 Å². The Labute approximate surface area is 122 Å². The number of thioether (sulfide) groups is 1. The summed E-state index contributed by atoms with van der Waals surface area (Å²) in [6, 6.07) is 11.2. The molecule has 1 N–H and O–H groups in total. The van der Waals surface area contributed by atoms with Crippen LogP contribution in [-0.2, 0) is 0 Å². The van der Waals surface area contributed by atoms with Crippen molar-refractivity contribution in [1.82, 2.24) is 5.32 Å². The zero-order valence-corrected chi connectivity index (χ0v) is 12.3. The summed E-state index contributed by atoms with van der Waals surface area (Å²) in [4.78, 5) is 1.15. The maximum Gasteiger partial charge on any atom is 0.131 e. The lowest BCUT2D eigenvalue weighted by Gasteiger charge is -2.19. The molecule has 0 amide bonds. The van der Waals surface area contributed by atoms with Crippen LogP contribution in [0.5, 0.6) is 0 Å². The van der Waals surface area contributed by atoms with Crippen LogP contribution in [0.2, 0.25) is 0 Å². The molecule has 1 nitrogen and oxygen atoms in total. The van der Waals surface area contributed by atoms with Crippen LogP contribution in [0.3, 0.4) is 0 Å². The third kappa shape index (κ3) is 3.19. The van der Waals surface area contributed by atoms with E-state index in [0.717, 1.165) is 16.2 Å². The Kier molecular flexibility index (Phi) is 5.15. The summed E-state index contributed by atoms with van der Waals surface area (Å²) >= 11 is 1.74. The van der Waals surface area contributed by atoms with Gasteiger partial charge in [-0.05, 0) is 42.6 Å². The van der Waals surface area contributed by atoms with Crippen LogP contribution in [0.15, 0.2) is 47.4 Å². The van der Waals surface area contributed by atoms with Gasteiger partial charge in [-0.2, -0.15) is 0 Å². The Morgan fingerprint density at radius 2 is 1.65 bits per heavy atom. The van der Waals surface area contributed by atoms with Gasteiger partial charge in [-0.25, -0.2) is 8.78 Å². The fourth-order valence-electron chi connectivity index (χ4n) is 2.19. The molecule has 2 aromatic rings. The molecule has 0 bridgehead atoms. The first-order valence-electron chi connectivity index (χ1n) is 6.51. The first-order chi connectivity index (χ1) is 9.67. The molecular weight excluding hydrogens is 276 g/mol. The van der Waals surface area contributed by atoms with E-state index < -0.39 is 17.7 Å². The lowest BCUT2D eigenvalue weighted by Crippen LogP contribution is -2.20. The molecule has 0 saturated heterocycles. The van der Waals surface area contributed by atoms with E-state index in [1.165, 1.54) is 18.2 Å². The van der Waals surface area contributed by atoms with Crippen LogP contribution in [-0.4, -0.2) is 12.8 Å². The van der Waals surface area contributed by atoms with Crippen LogP contribution < -0.4 is 5.32 Å². The van der Waals surface area contributed by atoms with Crippen LogP contribution in [0.1, 0.15) is 24.1 Å². The molecule has 0 fully saturated rings. The Morgan fingerprint density at radius 1 is 1.05 bits per heavy atom. The van der Waals surface area contributed by atoms with Crippen LogP contribution in [0.4, 0.5) is 8.78 Å². The molecule has 0 aliphatic heterocycles. The minimum atomic E-state index is -0.531. The van der Waals surface area contributed by atoms with Crippen molar-refractivity contribution in [3.63, 3.8) is 0 Å². The second-order valence-electron chi connectivity index (χ2n) is 4.36. The van der Waals surface area contributed by atoms with Gasteiger partial charge in [-0.15, -0.1) is 11.8 Å². The standard InChI is InChI=1S/C16H17F2NS/c1-3-20-12-9-7-11(8-10-12)16(19-2)15-13(17)5-4-6-14(15)18/h4-10,16,19H,3H2,1-2H3. The molecule has 2 rings (SSSR count). The Balaban J connectivity index is 2.37. The molecule has 0 heterocycles. The normalized spacial score (nSPS) is 12.4. The van der Waals surface area contributed by atoms with Crippen molar-refractivity contribution in [2.24, 2.45) is 0 Å². The van der Waals surface area contributed by atoms with Crippen molar-refractivity contribution in [2.75, 3.05) is 12.8 Å². The largest absolute Gasteiger partial charge is 0.309 e. The molecule has 1 unspecified atom stereocenters. The molecule has 4 heteroatoms. The van der Waals surface area contributed by atoms with Crippen molar-refractivity contribution >= 4 is 11.8 Å². The van der Waals surface area contributed by atoms with Crippen molar-refractivity contribution in [2.45, 2.75) is 17.9 Å². The summed E-state index contributed by atoms with van der Waals surface area (Å²) < 4.78 is 27.8. The number of halogens is 2. The van der Waals surface area contributed by atoms with E-state index in [0.29, 0.717) is 0 Å². The van der Waals surface area contributed by atoms with Gasteiger partial charge >= 0.3 is 0 Å². The second-order valence-corrected chi connectivity index (χ2v) is 5.70. The topological polar surface area (TPSA) is 12.0 Å². The molecule has 0 spiro atoms. The zero-order valence-electron chi connectivity index (χ0n) is 11.5. The smallest absolute Gasteiger partial charge is 0.131 e. The molecule has 2 aromatic carbocycles. The number of hydrogen-bond acceptors (Lipinski definition) is 2. The molecule has 0 aliphatic carbocycles. The fourth-order valence-corrected chi connectivity index (χ4v) is 2.85. The third-order valence-corrected chi connectivity index (χ3v) is 4.00. The van der Waals surface area contributed by atoms with Crippen molar-refractivity contribution in [3.05, 3.63) is 65.2 Å². The van der Waals surface area contributed by atoms with Crippen molar-refractivity contribution < 1.29 is 8.78 Å². The minimum Gasteiger partial charge on any atom is -0.309 e. The Morgan fingerprint density at radius 3 is 2.15 bits per heavy atom. The van der Waals surface area contributed by atoms with Gasteiger partial charge in [-0.1, -0.05) is 25.1 Å². The van der Waals surface area contributed by atoms with E-state index >= 15 is 0 Å². The Bertz CT molecular complexity index is 549. The summed E-state index contributed by atoms with van der Waals surface area (Å²) in [5.41, 5.74) is 0.905. The minimum absolute atomic E-state index is 0.0610. The van der Waals surface area contributed by atoms with Gasteiger partial charge in [0, 0.05) is 10.5 Å². The molecule has 0 radical (unpaired) electrons. The van der Waals surface area contributed by atoms with Gasteiger partial charge < -0.3 is 5.32 Å². The number of rotatable bonds is 5. The van der Waals surface area contributed by atoms with Gasteiger partial charge in [0.1, 0.15) is 11.6 Å². The van der Waals surface area contributed by atoms with Crippen LogP contribution in [0.25, 0.3) is 0 Å². The highest BCUT2D eigenvalue weighted by molar-refractivity contribution is 7.99. The van der Waals surface area contributed by atoms with Gasteiger partial charge in [0.25, 0.3) is 0 Å². The van der Waals surface area contributed by atoms with E-state index in [-0.39, 0.29) is 5.56 Å². The Hall–Kier alpha value is -1.39. The average Bonchev–Trinajstić information content (AvgIpc) is 2.45. The average molecular weight is 293 g/mol. The van der Waals surface area contributed by atoms with Gasteiger partial charge in [-0.3, -0.25) is 0 Å². The van der Waals surface area contributed by atoms with E-state index in [4.69, 9.17) is 0 Å². The lowest BCUT2D eigenvalue weighted by molar-refractivity contribution is 0.522. The highest BCUT2D eigenvalue weighted by Gasteiger charge is 2.20. The first-order valence-corrected chi connectivity index (χ1v) is 7.49. The molecule has 20 heavy (non-hydrogen) atoms. The zero-order chi connectivity index (χ0) is 14.5. The van der Waals surface area contributed by atoms with E-state index in [9.17, 15) is 8.78 Å². The highest BCUT2D eigenvalue weighted by Crippen LogP contribution is 2.28. The maximum absolute atomic E-state index is 13.9. The number of benzene rings is 2. The van der Waals surface area contributed by atoms with E-state index in [1.807, 2.05) is 24.3 Å². The predicted octanol–water partition coefficient (Wildman–Crippen LogP) is 4.39. The number of hydrogen-bond donors (Lipinski definition) is 1. The predicted molar refractivity (Wildman–Crippen MR) is 80.1 cm³/mol. The SMILES string of the molecule is CCSc1ccc(C(NC)c2c(F)cccc2F)cc1. The van der Waals surface area contributed by atoms with Crippen LogP contribution in [0, 0.1) is 11.6 Å². The monoisotopic (exact) mass is 293 g/mol. The second kappa shape index (κ2) is 6.86. The summed E-state index contributed by atoms with van der Waals surface area (Å²) in [7, 11) is 1.70. The number of nitrogens with one attached hydrogen (secondary N) is 1. The van der Waals surface area contributed by atoms with Gasteiger partial charge in [0.2, 0.25) is 0 Å². The van der Waals surface area contributed by atoms with E-state index in [1.54, 1.807) is 18.8 Å². The molecular formula is C16H17F2NS. The van der Waals surface area contributed by atoms with Crippen molar-refractivity contribution in [1.29, 1.82) is 0 Å². The fraction of sp³-hybridized carbons (Fsp3) is 0.250. The maximum atomic E-state index is 13.9. The molecule has 0 aromatic heterocycles.